The van der Waals surface area contributed by atoms with Crippen molar-refractivity contribution in [2.45, 2.75) is 31.6 Å². The second-order valence-corrected chi connectivity index (χ2v) is 7.43. The number of nitrogens with one attached hydrogen (secondary N) is 2. The number of imidazole rings is 1. The van der Waals surface area contributed by atoms with E-state index in [2.05, 4.69) is 30.4 Å². The van der Waals surface area contributed by atoms with Crippen molar-refractivity contribution in [2.24, 2.45) is 0 Å². The quantitative estimate of drug-likeness (QED) is 0.529. The van der Waals surface area contributed by atoms with Crippen molar-refractivity contribution in [1.82, 2.24) is 35.3 Å². The Balaban J connectivity index is 1.41. The summed E-state index contributed by atoms with van der Waals surface area (Å²) < 4.78 is 70.7. The number of carbonyl (C=O) groups is 2. The van der Waals surface area contributed by atoms with Gasteiger partial charge in [0.25, 0.3) is 11.8 Å². The fraction of sp³-hybridized carbons (Fsp3) is 0.389. The number of alkyl halides is 5. The molecule has 3 aromatic rings. The van der Waals surface area contributed by atoms with Gasteiger partial charge in [-0.05, 0) is 11.6 Å². The number of amides is 3. The van der Waals surface area contributed by atoms with E-state index in [0.717, 1.165) is 11.2 Å². The first-order valence-corrected chi connectivity index (χ1v) is 9.51. The second-order valence-electron chi connectivity index (χ2n) is 7.43. The summed E-state index contributed by atoms with van der Waals surface area (Å²) in [5.41, 5.74) is 0.230. The van der Waals surface area contributed by atoms with Gasteiger partial charge in [0.05, 0.1) is 44.1 Å². The Labute approximate surface area is 181 Å². The predicted octanol–water partition coefficient (Wildman–Crippen LogP) is 1.91. The van der Waals surface area contributed by atoms with E-state index in [1.54, 1.807) is 0 Å². The molecule has 4 heterocycles. The number of aromatic nitrogens is 4. The standard InChI is InChI=1S/C18H16F5N7O3/c19-17(20)8-25-16(32)29(9-17)5-10-1-13-27-12(6-30(13)26-3-10)4-24-15(31)14-11(7-33-28-14)2-18(21,22)23/h1,3,6-7H,2,4-5,8-9H2,(H,24,31)(H,25,32). The maximum absolute atomic E-state index is 13.6. The Bertz CT molecular complexity index is 1190. The lowest BCUT2D eigenvalue weighted by molar-refractivity contribution is -0.127. The van der Waals surface area contributed by atoms with Crippen LogP contribution in [0.4, 0.5) is 26.7 Å². The van der Waals surface area contributed by atoms with Gasteiger partial charge in [0, 0.05) is 12.1 Å². The van der Waals surface area contributed by atoms with Gasteiger partial charge < -0.3 is 20.1 Å². The monoisotopic (exact) mass is 473 g/mol. The molecule has 15 heteroatoms. The van der Waals surface area contributed by atoms with Crippen molar-refractivity contribution in [3.8, 4) is 0 Å². The van der Waals surface area contributed by atoms with Crippen LogP contribution >= 0.6 is 0 Å². The summed E-state index contributed by atoms with van der Waals surface area (Å²) in [5.74, 6) is -3.92. The topological polar surface area (TPSA) is 118 Å². The Morgan fingerprint density at radius 3 is 2.88 bits per heavy atom. The van der Waals surface area contributed by atoms with Crippen molar-refractivity contribution in [3.05, 3.63) is 47.2 Å². The van der Waals surface area contributed by atoms with E-state index >= 15 is 0 Å². The molecule has 1 aliphatic rings. The third kappa shape index (κ3) is 5.35. The molecule has 0 radical (unpaired) electrons. The SMILES string of the molecule is O=C(NCc1cn2ncc(CN3CC(F)(F)CNC3=O)cc2n1)c1nocc1CC(F)(F)F. The van der Waals surface area contributed by atoms with Gasteiger partial charge in [0.2, 0.25) is 0 Å². The first kappa shape index (κ1) is 22.4. The van der Waals surface area contributed by atoms with Crippen LogP contribution in [0.1, 0.15) is 27.3 Å². The number of halogens is 5. The van der Waals surface area contributed by atoms with Crippen molar-refractivity contribution < 1.29 is 36.1 Å². The summed E-state index contributed by atoms with van der Waals surface area (Å²) in [4.78, 5) is 29.2. The zero-order chi connectivity index (χ0) is 23.8. The van der Waals surface area contributed by atoms with E-state index in [9.17, 15) is 31.5 Å². The Hall–Kier alpha value is -3.78. The first-order chi connectivity index (χ1) is 15.5. The highest BCUT2D eigenvalue weighted by atomic mass is 19.4. The minimum Gasteiger partial charge on any atom is -0.364 e. The van der Waals surface area contributed by atoms with Crippen LogP contribution in [-0.2, 0) is 19.5 Å². The van der Waals surface area contributed by atoms with Gasteiger partial charge in [-0.15, -0.1) is 0 Å². The number of rotatable bonds is 6. The van der Waals surface area contributed by atoms with Crippen LogP contribution in [0, 0.1) is 0 Å². The average Bonchev–Trinajstić information content (AvgIpc) is 3.33. The molecule has 0 aromatic carbocycles. The van der Waals surface area contributed by atoms with Crippen molar-refractivity contribution in [3.63, 3.8) is 0 Å². The normalized spacial score (nSPS) is 16.2. The lowest BCUT2D eigenvalue weighted by Crippen LogP contribution is -2.56. The van der Waals surface area contributed by atoms with E-state index in [-0.39, 0.29) is 13.1 Å². The van der Waals surface area contributed by atoms with Crippen LogP contribution in [0.3, 0.4) is 0 Å². The third-order valence-corrected chi connectivity index (χ3v) is 4.69. The molecular formula is C18H16F5N7O3. The number of hydrogen-bond acceptors (Lipinski definition) is 6. The Morgan fingerprint density at radius 1 is 1.33 bits per heavy atom. The molecule has 0 saturated carbocycles. The summed E-state index contributed by atoms with van der Waals surface area (Å²) in [5, 5.41) is 12.0. The zero-order valence-electron chi connectivity index (χ0n) is 16.7. The molecule has 33 heavy (non-hydrogen) atoms. The van der Waals surface area contributed by atoms with E-state index in [0.29, 0.717) is 16.9 Å². The molecule has 0 aliphatic carbocycles. The molecular weight excluding hydrogens is 457 g/mol. The van der Waals surface area contributed by atoms with E-state index < -0.39 is 54.8 Å². The van der Waals surface area contributed by atoms with Crippen LogP contribution in [-0.4, -0.2) is 61.8 Å². The molecule has 0 spiro atoms. The lowest BCUT2D eigenvalue weighted by atomic mass is 10.1. The average molecular weight is 473 g/mol. The number of carbonyl (C=O) groups excluding carboxylic acids is 2. The largest absolute Gasteiger partial charge is 0.393 e. The number of urea groups is 1. The number of nitrogens with zero attached hydrogens (tertiary/aromatic N) is 5. The van der Waals surface area contributed by atoms with Gasteiger partial charge in [-0.1, -0.05) is 5.16 Å². The molecule has 0 unspecified atom stereocenters. The highest BCUT2D eigenvalue weighted by Gasteiger charge is 2.38. The molecule has 10 nitrogen and oxygen atoms in total. The Kier molecular flexibility index (Phi) is 5.63. The summed E-state index contributed by atoms with van der Waals surface area (Å²) >= 11 is 0. The van der Waals surface area contributed by atoms with Crippen molar-refractivity contribution in [1.29, 1.82) is 0 Å². The van der Waals surface area contributed by atoms with Crippen LogP contribution in [0.5, 0.6) is 0 Å². The van der Waals surface area contributed by atoms with E-state index in [4.69, 9.17) is 0 Å². The summed E-state index contributed by atoms with van der Waals surface area (Å²) in [6.45, 7) is -1.70. The third-order valence-electron chi connectivity index (χ3n) is 4.69. The van der Waals surface area contributed by atoms with Crippen LogP contribution in [0.15, 0.2) is 29.2 Å². The summed E-state index contributed by atoms with van der Waals surface area (Å²) in [6.07, 6.45) is -2.27. The first-order valence-electron chi connectivity index (χ1n) is 9.51. The molecule has 176 valence electrons. The maximum atomic E-state index is 13.6. The van der Waals surface area contributed by atoms with Gasteiger partial charge >= 0.3 is 12.2 Å². The van der Waals surface area contributed by atoms with Gasteiger partial charge in [-0.2, -0.15) is 18.3 Å². The smallest absolute Gasteiger partial charge is 0.364 e. The van der Waals surface area contributed by atoms with Crippen molar-refractivity contribution >= 4 is 17.6 Å². The molecule has 1 aliphatic heterocycles. The molecule has 2 N–H and O–H groups in total. The van der Waals surface area contributed by atoms with Crippen LogP contribution in [0.2, 0.25) is 0 Å². The minimum absolute atomic E-state index is 0.113. The van der Waals surface area contributed by atoms with Crippen LogP contribution in [0.25, 0.3) is 5.65 Å². The lowest BCUT2D eigenvalue weighted by Gasteiger charge is -2.32. The zero-order valence-corrected chi connectivity index (χ0v) is 16.7. The fourth-order valence-electron chi connectivity index (χ4n) is 3.25. The minimum atomic E-state index is -4.53. The van der Waals surface area contributed by atoms with Gasteiger partial charge in [0.1, 0.15) is 6.26 Å². The summed E-state index contributed by atoms with van der Waals surface area (Å²) in [7, 11) is 0. The molecule has 3 aromatic heterocycles. The number of hydrogen-bond donors (Lipinski definition) is 2. The molecule has 4 rings (SSSR count). The molecule has 0 bridgehead atoms. The van der Waals surface area contributed by atoms with E-state index in [1.807, 2.05) is 0 Å². The molecule has 0 atom stereocenters. The Morgan fingerprint density at radius 2 is 2.12 bits per heavy atom. The maximum Gasteiger partial charge on any atom is 0.393 e. The van der Waals surface area contributed by atoms with Gasteiger partial charge in [-0.25, -0.2) is 23.1 Å². The second kappa shape index (κ2) is 8.29. The van der Waals surface area contributed by atoms with Crippen molar-refractivity contribution in [2.75, 3.05) is 13.1 Å². The van der Waals surface area contributed by atoms with Gasteiger partial charge in [0.15, 0.2) is 11.3 Å². The fourth-order valence-corrected chi connectivity index (χ4v) is 3.25. The molecule has 3 amide bonds. The highest BCUT2D eigenvalue weighted by molar-refractivity contribution is 5.93. The predicted molar refractivity (Wildman–Crippen MR) is 99.2 cm³/mol. The van der Waals surface area contributed by atoms with Gasteiger partial charge in [-0.3, -0.25) is 4.79 Å². The highest BCUT2D eigenvalue weighted by Crippen LogP contribution is 2.23. The van der Waals surface area contributed by atoms with E-state index in [1.165, 1.54) is 23.0 Å². The summed E-state index contributed by atoms with van der Waals surface area (Å²) in [6, 6.07) is 0.919. The number of fused-ring (bicyclic) bond motifs is 1. The van der Waals surface area contributed by atoms with Crippen LogP contribution < -0.4 is 10.6 Å². The molecule has 1 fully saturated rings. The molecule has 1 saturated heterocycles.